The molecule has 11 heavy (non-hydrogen) atoms. The zero-order valence-electron chi connectivity index (χ0n) is 6.66. The van der Waals surface area contributed by atoms with Crippen molar-refractivity contribution in [3.05, 3.63) is 0 Å². The van der Waals surface area contributed by atoms with Crippen LogP contribution >= 0.6 is 0 Å². The molecule has 2 aliphatic rings. The van der Waals surface area contributed by atoms with Gasteiger partial charge in [0.1, 0.15) is 5.78 Å². The number of aliphatic hydroxyl groups excluding tert-OH is 1. The Morgan fingerprint density at radius 3 is 2.91 bits per heavy atom. The van der Waals surface area contributed by atoms with E-state index in [9.17, 15) is 9.90 Å². The molecule has 0 unspecified atom stereocenters. The molecule has 1 N–H and O–H groups in total. The number of rotatable bonds is 0. The standard InChI is InChI=1S/C8H13NO2/c1-9-5-2-6(10)4-7(9)8(11)3-5/h5,7-8,11H,2-4H2,1H3/t5-,7-,8+/m0/s1. The van der Waals surface area contributed by atoms with Gasteiger partial charge in [0, 0.05) is 24.9 Å². The number of ketones is 1. The number of carbonyl (C=O) groups is 1. The van der Waals surface area contributed by atoms with Gasteiger partial charge in [0.2, 0.25) is 0 Å². The molecular formula is C8H13NO2. The summed E-state index contributed by atoms with van der Waals surface area (Å²) in [5.74, 6) is 0.314. The summed E-state index contributed by atoms with van der Waals surface area (Å²) in [5.41, 5.74) is 0. The lowest BCUT2D eigenvalue weighted by Gasteiger charge is -2.30. The normalized spacial score (nSPS) is 44.9. The van der Waals surface area contributed by atoms with Crippen LogP contribution in [0.3, 0.4) is 0 Å². The molecule has 0 amide bonds. The SMILES string of the molecule is CN1[C@H]2CC(=O)C[C@H]1[C@H](O)C2. The summed E-state index contributed by atoms with van der Waals surface area (Å²) in [6.07, 6.45) is 1.71. The molecule has 2 heterocycles. The van der Waals surface area contributed by atoms with Gasteiger partial charge in [-0.25, -0.2) is 0 Å². The van der Waals surface area contributed by atoms with E-state index in [2.05, 4.69) is 4.90 Å². The van der Waals surface area contributed by atoms with Gasteiger partial charge in [0.05, 0.1) is 6.10 Å². The summed E-state index contributed by atoms with van der Waals surface area (Å²) >= 11 is 0. The first kappa shape index (κ1) is 7.25. The summed E-state index contributed by atoms with van der Waals surface area (Å²) in [6.45, 7) is 0. The molecule has 3 atom stereocenters. The number of hydrogen-bond acceptors (Lipinski definition) is 3. The number of piperidine rings is 1. The molecule has 0 aromatic rings. The van der Waals surface area contributed by atoms with Gasteiger partial charge in [-0.05, 0) is 13.5 Å². The zero-order chi connectivity index (χ0) is 8.01. The van der Waals surface area contributed by atoms with Crippen LogP contribution in [0, 0.1) is 0 Å². The van der Waals surface area contributed by atoms with Crippen molar-refractivity contribution in [1.29, 1.82) is 0 Å². The minimum absolute atomic E-state index is 0.112. The van der Waals surface area contributed by atoms with Crippen LogP contribution < -0.4 is 0 Å². The maximum atomic E-state index is 11.1. The van der Waals surface area contributed by atoms with Gasteiger partial charge in [-0.3, -0.25) is 9.69 Å². The maximum Gasteiger partial charge on any atom is 0.136 e. The quantitative estimate of drug-likeness (QED) is 0.526. The predicted octanol–water partition coefficient (Wildman–Crippen LogP) is -0.217. The number of fused-ring (bicyclic) bond motifs is 2. The molecule has 3 heteroatoms. The van der Waals surface area contributed by atoms with Gasteiger partial charge < -0.3 is 5.11 Å². The number of aliphatic hydroxyl groups is 1. The molecular weight excluding hydrogens is 142 g/mol. The van der Waals surface area contributed by atoms with Crippen LogP contribution in [0.2, 0.25) is 0 Å². The first-order valence-corrected chi connectivity index (χ1v) is 4.10. The number of Topliss-reactive ketones (excluding diaryl/α,β-unsaturated/α-hetero) is 1. The monoisotopic (exact) mass is 155 g/mol. The van der Waals surface area contributed by atoms with Crippen LogP contribution in [-0.2, 0) is 4.79 Å². The largest absolute Gasteiger partial charge is 0.391 e. The van der Waals surface area contributed by atoms with Crippen LogP contribution in [0.25, 0.3) is 0 Å². The Morgan fingerprint density at radius 1 is 1.55 bits per heavy atom. The van der Waals surface area contributed by atoms with E-state index in [1.165, 1.54) is 0 Å². The van der Waals surface area contributed by atoms with Crippen molar-refractivity contribution in [3.63, 3.8) is 0 Å². The van der Waals surface area contributed by atoms with Crippen molar-refractivity contribution >= 4 is 5.78 Å². The van der Waals surface area contributed by atoms with E-state index < -0.39 is 0 Å². The number of nitrogens with zero attached hydrogens (tertiary/aromatic N) is 1. The highest BCUT2D eigenvalue weighted by molar-refractivity contribution is 5.81. The molecule has 2 bridgehead atoms. The molecule has 0 radical (unpaired) electrons. The minimum atomic E-state index is -0.267. The van der Waals surface area contributed by atoms with Gasteiger partial charge in [-0.1, -0.05) is 0 Å². The summed E-state index contributed by atoms with van der Waals surface area (Å²) < 4.78 is 0. The van der Waals surface area contributed by atoms with E-state index >= 15 is 0 Å². The minimum Gasteiger partial charge on any atom is -0.391 e. The van der Waals surface area contributed by atoms with Crippen LogP contribution in [0.15, 0.2) is 0 Å². The Bertz CT molecular complexity index is 193. The average molecular weight is 155 g/mol. The van der Waals surface area contributed by atoms with Crippen molar-refractivity contribution in [1.82, 2.24) is 4.90 Å². The fourth-order valence-electron chi connectivity index (χ4n) is 2.23. The Kier molecular flexibility index (Phi) is 1.51. The second kappa shape index (κ2) is 2.29. The lowest BCUT2D eigenvalue weighted by molar-refractivity contribution is -0.123. The first-order chi connectivity index (χ1) is 5.18. The molecule has 0 aromatic carbocycles. The fourth-order valence-corrected chi connectivity index (χ4v) is 2.23. The van der Waals surface area contributed by atoms with Gasteiger partial charge in [-0.15, -0.1) is 0 Å². The highest BCUT2D eigenvalue weighted by Crippen LogP contribution is 2.32. The molecule has 2 aliphatic heterocycles. The Balaban J connectivity index is 2.20. The molecule has 2 saturated heterocycles. The number of hydrogen-bond donors (Lipinski definition) is 1. The van der Waals surface area contributed by atoms with Crippen molar-refractivity contribution in [2.24, 2.45) is 0 Å². The summed E-state index contributed by atoms with van der Waals surface area (Å²) in [6, 6.07) is 0.428. The van der Waals surface area contributed by atoms with Crippen molar-refractivity contribution in [3.8, 4) is 0 Å². The summed E-state index contributed by atoms with van der Waals surface area (Å²) in [7, 11) is 2.00. The number of carbonyl (C=O) groups excluding carboxylic acids is 1. The van der Waals surface area contributed by atoms with Gasteiger partial charge in [0.25, 0.3) is 0 Å². The highest BCUT2D eigenvalue weighted by atomic mass is 16.3. The maximum absolute atomic E-state index is 11.1. The lowest BCUT2D eigenvalue weighted by atomic mass is 10.0. The van der Waals surface area contributed by atoms with E-state index in [0.29, 0.717) is 24.7 Å². The highest BCUT2D eigenvalue weighted by Gasteiger charge is 2.43. The second-order valence-electron chi connectivity index (χ2n) is 3.64. The van der Waals surface area contributed by atoms with Gasteiger partial charge in [-0.2, -0.15) is 0 Å². The first-order valence-electron chi connectivity index (χ1n) is 4.10. The molecule has 0 aliphatic carbocycles. The molecule has 2 rings (SSSR count). The molecule has 3 nitrogen and oxygen atoms in total. The molecule has 2 fully saturated rings. The smallest absolute Gasteiger partial charge is 0.136 e. The van der Waals surface area contributed by atoms with Crippen LogP contribution in [-0.4, -0.2) is 41.0 Å². The van der Waals surface area contributed by atoms with E-state index in [1.54, 1.807) is 0 Å². The third-order valence-corrected chi connectivity index (χ3v) is 2.96. The van der Waals surface area contributed by atoms with Crippen LogP contribution in [0.1, 0.15) is 19.3 Å². The molecule has 62 valence electrons. The van der Waals surface area contributed by atoms with E-state index in [-0.39, 0.29) is 12.1 Å². The zero-order valence-corrected chi connectivity index (χ0v) is 6.66. The van der Waals surface area contributed by atoms with Crippen LogP contribution in [0.5, 0.6) is 0 Å². The third kappa shape index (κ3) is 0.993. The Labute approximate surface area is 66.0 Å². The number of likely N-dealkylation sites (N-methyl/N-ethyl adjacent to an activating group) is 1. The second-order valence-corrected chi connectivity index (χ2v) is 3.64. The van der Waals surface area contributed by atoms with E-state index in [4.69, 9.17) is 0 Å². The Hall–Kier alpha value is -0.410. The summed E-state index contributed by atoms with van der Waals surface area (Å²) in [5, 5.41) is 9.49. The molecule has 0 saturated carbocycles. The van der Waals surface area contributed by atoms with Crippen molar-refractivity contribution < 1.29 is 9.90 Å². The topological polar surface area (TPSA) is 40.5 Å². The van der Waals surface area contributed by atoms with E-state index in [0.717, 1.165) is 6.42 Å². The Morgan fingerprint density at radius 2 is 2.27 bits per heavy atom. The predicted molar refractivity (Wildman–Crippen MR) is 40.2 cm³/mol. The fraction of sp³-hybridized carbons (Fsp3) is 0.875. The third-order valence-electron chi connectivity index (χ3n) is 2.96. The van der Waals surface area contributed by atoms with Crippen LogP contribution in [0.4, 0.5) is 0 Å². The van der Waals surface area contributed by atoms with E-state index in [1.807, 2.05) is 7.05 Å². The molecule has 0 spiro atoms. The average Bonchev–Trinajstić information content (AvgIpc) is 2.17. The summed E-state index contributed by atoms with van der Waals surface area (Å²) in [4.78, 5) is 13.2. The molecule has 0 aromatic heterocycles. The van der Waals surface area contributed by atoms with Gasteiger partial charge >= 0.3 is 0 Å². The van der Waals surface area contributed by atoms with Crippen molar-refractivity contribution in [2.45, 2.75) is 37.5 Å². The van der Waals surface area contributed by atoms with Crippen molar-refractivity contribution in [2.75, 3.05) is 7.05 Å². The van der Waals surface area contributed by atoms with Gasteiger partial charge in [0.15, 0.2) is 0 Å². The lowest BCUT2D eigenvalue weighted by Crippen LogP contribution is -2.42.